The fourth-order valence-electron chi connectivity index (χ4n) is 4.58. The predicted molar refractivity (Wildman–Crippen MR) is 129 cm³/mol. The van der Waals surface area contributed by atoms with Crippen molar-refractivity contribution in [1.82, 2.24) is 15.0 Å². The summed E-state index contributed by atoms with van der Waals surface area (Å²) < 4.78 is 5.54. The molecule has 6 nitrogen and oxygen atoms in total. The quantitative estimate of drug-likeness (QED) is 0.434. The van der Waals surface area contributed by atoms with Crippen LogP contribution in [0.3, 0.4) is 0 Å². The molecule has 0 radical (unpaired) electrons. The topological polar surface area (TPSA) is 79.5 Å². The number of carbonyl (C=O) groups is 1. The molecule has 1 aliphatic carbocycles. The Hall–Kier alpha value is -2.99. The molecular formula is C27H33N3O3. The van der Waals surface area contributed by atoms with Crippen molar-refractivity contribution in [2.45, 2.75) is 58.4 Å². The maximum atomic E-state index is 11.1. The van der Waals surface area contributed by atoms with Crippen LogP contribution in [0.5, 0.6) is 0 Å². The van der Waals surface area contributed by atoms with E-state index in [-0.39, 0.29) is 0 Å². The summed E-state index contributed by atoms with van der Waals surface area (Å²) in [5.74, 6) is 0.628. The minimum absolute atomic E-state index is 0.390. The molecule has 2 aromatic carbocycles. The Labute approximate surface area is 195 Å². The van der Waals surface area contributed by atoms with Crippen LogP contribution in [0, 0.1) is 5.92 Å². The number of benzene rings is 2. The summed E-state index contributed by atoms with van der Waals surface area (Å²) in [6.07, 6.45) is 6.59. The van der Waals surface area contributed by atoms with Crippen molar-refractivity contribution in [2.75, 3.05) is 13.1 Å². The van der Waals surface area contributed by atoms with E-state index in [0.717, 1.165) is 23.2 Å². The van der Waals surface area contributed by atoms with Crippen LogP contribution in [-0.2, 0) is 11.3 Å². The van der Waals surface area contributed by atoms with Crippen molar-refractivity contribution < 1.29 is 14.4 Å². The Bertz CT molecular complexity index is 1040. The summed E-state index contributed by atoms with van der Waals surface area (Å²) in [4.78, 5) is 17.9. The third-order valence-electron chi connectivity index (χ3n) is 6.68. The van der Waals surface area contributed by atoms with Crippen molar-refractivity contribution in [3.8, 4) is 22.8 Å². The van der Waals surface area contributed by atoms with Crippen molar-refractivity contribution in [3.63, 3.8) is 0 Å². The van der Waals surface area contributed by atoms with Crippen molar-refractivity contribution in [1.29, 1.82) is 0 Å². The van der Waals surface area contributed by atoms with Gasteiger partial charge in [0.2, 0.25) is 5.82 Å². The third-order valence-corrected chi connectivity index (χ3v) is 6.68. The Morgan fingerprint density at radius 1 is 1.06 bits per heavy atom. The van der Waals surface area contributed by atoms with E-state index in [2.05, 4.69) is 39.3 Å². The largest absolute Gasteiger partial charge is 0.481 e. The Balaban J connectivity index is 1.40. The lowest BCUT2D eigenvalue weighted by molar-refractivity contribution is -0.141. The molecule has 33 heavy (non-hydrogen) atoms. The molecule has 0 amide bonds. The van der Waals surface area contributed by atoms with E-state index in [4.69, 9.17) is 9.63 Å². The van der Waals surface area contributed by atoms with Crippen LogP contribution in [-0.4, -0.2) is 39.2 Å². The minimum Gasteiger partial charge on any atom is -0.481 e. The maximum absolute atomic E-state index is 11.1. The van der Waals surface area contributed by atoms with Gasteiger partial charge in [0.05, 0.1) is 5.92 Å². The molecular weight excluding hydrogens is 414 g/mol. The zero-order valence-corrected chi connectivity index (χ0v) is 19.5. The highest BCUT2D eigenvalue weighted by atomic mass is 16.5. The van der Waals surface area contributed by atoms with Gasteiger partial charge in [-0.05, 0) is 48.6 Å². The molecule has 3 aromatic rings. The van der Waals surface area contributed by atoms with Crippen molar-refractivity contribution in [3.05, 3.63) is 59.7 Å². The molecule has 1 N–H and O–H groups in total. The Morgan fingerprint density at radius 3 is 2.36 bits per heavy atom. The van der Waals surface area contributed by atoms with Crippen LogP contribution in [0.1, 0.15) is 63.0 Å². The van der Waals surface area contributed by atoms with Crippen LogP contribution in [0.2, 0.25) is 0 Å². The molecule has 6 heteroatoms. The Morgan fingerprint density at radius 2 is 1.73 bits per heavy atom. The minimum atomic E-state index is -0.764. The first-order valence-electron chi connectivity index (χ1n) is 12.0. The lowest BCUT2D eigenvalue weighted by Gasteiger charge is -2.22. The number of rotatable bonds is 9. The second kappa shape index (κ2) is 10.8. The molecule has 0 saturated heterocycles. The molecule has 1 fully saturated rings. The standard InChI is InChI=1S/C27H33N3O3/c1-3-30(17-19(2)27(31)32)18-20-9-11-23(12-10-20)25-28-26(33-29-25)24-15-13-22(14-16-24)21-7-5-4-6-8-21/h9-16,19,21H,3-8,17-18H2,1-2H3,(H,31,32)/t19-/m1/s1. The first-order chi connectivity index (χ1) is 16.0. The number of nitrogens with zero attached hydrogens (tertiary/aromatic N) is 3. The van der Waals surface area contributed by atoms with Crippen molar-refractivity contribution >= 4 is 5.97 Å². The Kier molecular flexibility index (Phi) is 7.55. The molecule has 1 atom stereocenters. The summed E-state index contributed by atoms with van der Waals surface area (Å²) in [5.41, 5.74) is 4.37. The van der Waals surface area contributed by atoms with Crippen LogP contribution >= 0.6 is 0 Å². The molecule has 1 heterocycles. The van der Waals surface area contributed by atoms with Gasteiger partial charge in [-0.2, -0.15) is 4.98 Å². The van der Waals surface area contributed by atoms with E-state index >= 15 is 0 Å². The zero-order chi connectivity index (χ0) is 23.2. The highest BCUT2D eigenvalue weighted by Crippen LogP contribution is 2.33. The van der Waals surface area contributed by atoms with E-state index < -0.39 is 11.9 Å². The molecule has 0 aliphatic heterocycles. The number of hydrogen-bond donors (Lipinski definition) is 1. The fraction of sp³-hybridized carbons (Fsp3) is 0.444. The molecule has 1 aromatic heterocycles. The molecule has 0 unspecified atom stereocenters. The third kappa shape index (κ3) is 5.88. The van der Waals surface area contributed by atoms with Gasteiger partial charge in [-0.15, -0.1) is 0 Å². The lowest BCUT2D eigenvalue weighted by Crippen LogP contribution is -2.31. The van der Waals surface area contributed by atoms with E-state index in [1.807, 2.05) is 31.2 Å². The zero-order valence-electron chi connectivity index (χ0n) is 19.5. The van der Waals surface area contributed by atoms with Gasteiger partial charge in [0.25, 0.3) is 5.89 Å². The van der Waals surface area contributed by atoms with Gasteiger partial charge < -0.3 is 9.63 Å². The molecule has 0 bridgehead atoms. The molecule has 1 saturated carbocycles. The number of hydrogen-bond acceptors (Lipinski definition) is 5. The van der Waals surface area contributed by atoms with Gasteiger partial charge in [0, 0.05) is 24.2 Å². The second-order valence-corrected chi connectivity index (χ2v) is 9.14. The highest BCUT2D eigenvalue weighted by Gasteiger charge is 2.17. The van der Waals surface area contributed by atoms with Gasteiger partial charge in [-0.3, -0.25) is 9.69 Å². The predicted octanol–water partition coefficient (Wildman–Crippen LogP) is 5.99. The monoisotopic (exact) mass is 447 g/mol. The SMILES string of the molecule is CCN(Cc1ccc(-c2noc(-c3ccc(C4CCCCC4)cc3)n2)cc1)C[C@@H](C)C(=O)O. The average molecular weight is 448 g/mol. The first-order valence-corrected chi connectivity index (χ1v) is 12.0. The van der Waals surface area contributed by atoms with E-state index in [1.54, 1.807) is 6.92 Å². The van der Waals surface area contributed by atoms with Gasteiger partial charge in [-0.1, -0.05) is 74.7 Å². The van der Waals surface area contributed by atoms with Crippen LogP contribution in [0.25, 0.3) is 22.8 Å². The van der Waals surface area contributed by atoms with Gasteiger partial charge in [0.15, 0.2) is 0 Å². The van der Waals surface area contributed by atoms with Crippen molar-refractivity contribution in [2.24, 2.45) is 5.92 Å². The molecule has 4 rings (SSSR count). The smallest absolute Gasteiger partial charge is 0.307 e. The van der Waals surface area contributed by atoms with Gasteiger partial charge in [-0.25, -0.2) is 0 Å². The fourth-order valence-corrected chi connectivity index (χ4v) is 4.58. The van der Waals surface area contributed by atoms with Gasteiger partial charge >= 0.3 is 5.97 Å². The number of carboxylic acids is 1. The van der Waals surface area contributed by atoms with Crippen LogP contribution < -0.4 is 0 Å². The molecule has 174 valence electrons. The summed E-state index contributed by atoms with van der Waals surface area (Å²) >= 11 is 0. The summed E-state index contributed by atoms with van der Waals surface area (Å²) in [7, 11) is 0. The normalized spacial score (nSPS) is 15.6. The molecule has 1 aliphatic rings. The van der Waals surface area contributed by atoms with Crippen LogP contribution in [0.4, 0.5) is 0 Å². The van der Waals surface area contributed by atoms with E-state index in [1.165, 1.54) is 37.7 Å². The highest BCUT2D eigenvalue weighted by molar-refractivity contribution is 5.69. The summed E-state index contributed by atoms with van der Waals surface area (Å²) in [5, 5.41) is 13.3. The number of aliphatic carboxylic acids is 1. The summed E-state index contributed by atoms with van der Waals surface area (Å²) in [6.45, 7) is 5.82. The maximum Gasteiger partial charge on any atom is 0.307 e. The average Bonchev–Trinajstić information content (AvgIpc) is 3.35. The number of aromatic nitrogens is 2. The second-order valence-electron chi connectivity index (χ2n) is 9.14. The van der Waals surface area contributed by atoms with E-state index in [0.29, 0.717) is 30.7 Å². The van der Waals surface area contributed by atoms with Gasteiger partial charge in [0.1, 0.15) is 0 Å². The lowest BCUT2D eigenvalue weighted by atomic mass is 9.84. The number of carboxylic acid groups (broad SMARTS) is 1. The van der Waals surface area contributed by atoms with Crippen LogP contribution in [0.15, 0.2) is 53.1 Å². The van der Waals surface area contributed by atoms with E-state index in [9.17, 15) is 4.79 Å². The first kappa shape index (κ1) is 23.2. The molecule has 0 spiro atoms. The summed E-state index contributed by atoms with van der Waals surface area (Å²) in [6, 6.07) is 16.6.